The van der Waals surface area contributed by atoms with Gasteiger partial charge in [0, 0.05) is 29.1 Å². The Morgan fingerprint density at radius 3 is 2.52 bits per heavy atom. The van der Waals surface area contributed by atoms with Crippen molar-refractivity contribution in [3.05, 3.63) is 79.3 Å². The molecule has 0 unspecified atom stereocenters. The number of carbonyl (C=O) groups excluding carboxylic acids is 2. The molecule has 0 saturated carbocycles. The minimum Gasteiger partial charge on any atom is -0.465 e. The first-order valence-electron chi connectivity index (χ1n) is 8.11. The maximum atomic E-state index is 12.5. The van der Waals surface area contributed by atoms with Crippen LogP contribution in [0.25, 0.3) is 0 Å². The van der Waals surface area contributed by atoms with Gasteiger partial charge in [0.25, 0.3) is 11.6 Å². The predicted octanol–water partition coefficient (Wildman–Crippen LogP) is 3.73. The first-order valence-corrected chi connectivity index (χ1v) is 9.31. The van der Waals surface area contributed by atoms with Crippen LogP contribution in [-0.2, 0) is 11.2 Å². The second-order valence-corrected chi connectivity index (χ2v) is 7.27. The Bertz CT molecular complexity index is 1080. The number of amides is 1. The number of non-ortho nitro benzene ring substituents is 1. The molecule has 9 nitrogen and oxygen atoms in total. The molecule has 11 heteroatoms. The first kappa shape index (κ1) is 20.4. The molecule has 0 atom stereocenters. The summed E-state index contributed by atoms with van der Waals surface area (Å²) in [6.45, 7) is 0. The molecule has 3 aromatic rings. The lowest BCUT2D eigenvalue weighted by Crippen LogP contribution is -2.14. The van der Waals surface area contributed by atoms with Gasteiger partial charge in [0.1, 0.15) is 5.01 Å². The van der Waals surface area contributed by atoms with Crippen molar-refractivity contribution >= 4 is 45.6 Å². The molecule has 0 radical (unpaired) electrons. The SMILES string of the molecule is COC(=O)c1cc(C(=O)Nc2nnc(Cc3ccc(Cl)cc3)s2)cc([N+](=O)[O-])c1. The summed E-state index contributed by atoms with van der Waals surface area (Å²) in [5.74, 6) is -1.45. The van der Waals surface area contributed by atoms with Crippen LogP contribution in [0.5, 0.6) is 0 Å². The Hall–Kier alpha value is -3.37. The second kappa shape index (κ2) is 8.76. The lowest BCUT2D eigenvalue weighted by atomic mass is 10.1. The van der Waals surface area contributed by atoms with E-state index >= 15 is 0 Å². The highest BCUT2D eigenvalue weighted by Gasteiger charge is 2.19. The first-order chi connectivity index (χ1) is 13.9. The van der Waals surface area contributed by atoms with E-state index in [2.05, 4.69) is 20.3 Å². The van der Waals surface area contributed by atoms with Crippen molar-refractivity contribution in [3.8, 4) is 0 Å². The summed E-state index contributed by atoms with van der Waals surface area (Å²) in [5.41, 5.74) is 0.394. The number of nitro groups is 1. The highest BCUT2D eigenvalue weighted by molar-refractivity contribution is 7.15. The number of nitrogens with one attached hydrogen (secondary N) is 1. The largest absolute Gasteiger partial charge is 0.465 e. The predicted molar refractivity (Wildman–Crippen MR) is 107 cm³/mol. The fourth-order valence-corrected chi connectivity index (χ4v) is 3.30. The second-order valence-electron chi connectivity index (χ2n) is 5.78. The Balaban J connectivity index is 1.77. The number of nitro benzene ring substituents is 1. The monoisotopic (exact) mass is 432 g/mol. The van der Waals surface area contributed by atoms with Crippen LogP contribution in [0.2, 0.25) is 5.02 Å². The fourth-order valence-electron chi connectivity index (χ4n) is 2.41. The normalized spacial score (nSPS) is 10.4. The third-order valence-electron chi connectivity index (χ3n) is 3.77. The van der Waals surface area contributed by atoms with Gasteiger partial charge in [0.05, 0.1) is 17.6 Å². The summed E-state index contributed by atoms with van der Waals surface area (Å²) < 4.78 is 4.57. The van der Waals surface area contributed by atoms with Crippen molar-refractivity contribution in [1.29, 1.82) is 0 Å². The molecule has 0 aliphatic carbocycles. The Kier molecular flexibility index (Phi) is 6.15. The van der Waals surface area contributed by atoms with Crippen molar-refractivity contribution in [1.82, 2.24) is 10.2 Å². The molecule has 0 aliphatic heterocycles. The molecule has 148 valence electrons. The third-order valence-corrected chi connectivity index (χ3v) is 4.86. The number of hydrogen-bond donors (Lipinski definition) is 1. The number of carbonyl (C=O) groups is 2. The van der Waals surface area contributed by atoms with Crippen LogP contribution >= 0.6 is 22.9 Å². The number of rotatable bonds is 6. The van der Waals surface area contributed by atoms with Gasteiger partial charge in [-0.3, -0.25) is 20.2 Å². The van der Waals surface area contributed by atoms with Gasteiger partial charge < -0.3 is 4.74 Å². The van der Waals surface area contributed by atoms with Crippen LogP contribution < -0.4 is 5.32 Å². The number of esters is 1. The Morgan fingerprint density at radius 1 is 1.17 bits per heavy atom. The number of aromatic nitrogens is 2. The summed E-state index contributed by atoms with van der Waals surface area (Å²) in [4.78, 5) is 34.6. The number of nitrogens with zero attached hydrogens (tertiary/aromatic N) is 3. The summed E-state index contributed by atoms with van der Waals surface area (Å²) >= 11 is 7.03. The number of hydrogen-bond acceptors (Lipinski definition) is 8. The van der Waals surface area contributed by atoms with Gasteiger partial charge in [-0.1, -0.05) is 35.1 Å². The zero-order valence-electron chi connectivity index (χ0n) is 14.9. The van der Waals surface area contributed by atoms with Gasteiger partial charge >= 0.3 is 5.97 Å². The lowest BCUT2D eigenvalue weighted by molar-refractivity contribution is -0.384. The molecule has 1 aromatic heterocycles. The molecule has 0 aliphatic rings. The van der Waals surface area contributed by atoms with E-state index < -0.39 is 22.5 Å². The van der Waals surface area contributed by atoms with Crippen LogP contribution in [0.15, 0.2) is 42.5 Å². The highest BCUT2D eigenvalue weighted by Crippen LogP contribution is 2.22. The maximum absolute atomic E-state index is 12.5. The molecule has 0 saturated heterocycles. The smallest absolute Gasteiger partial charge is 0.338 e. The zero-order chi connectivity index (χ0) is 21.0. The molecular weight excluding hydrogens is 420 g/mol. The summed E-state index contributed by atoms with van der Waals surface area (Å²) in [6.07, 6.45) is 0.508. The molecule has 1 N–H and O–H groups in total. The molecular formula is C18H13ClN4O5S. The number of halogens is 1. The summed E-state index contributed by atoms with van der Waals surface area (Å²) in [5, 5.41) is 23.1. The van der Waals surface area contributed by atoms with Gasteiger partial charge in [0.2, 0.25) is 5.13 Å². The molecule has 0 fully saturated rings. The van der Waals surface area contributed by atoms with Gasteiger partial charge in [0.15, 0.2) is 0 Å². The molecule has 2 aromatic carbocycles. The van der Waals surface area contributed by atoms with Crippen molar-refractivity contribution in [2.24, 2.45) is 0 Å². The average molecular weight is 433 g/mol. The zero-order valence-corrected chi connectivity index (χ0v) is 16.5. The van der Waals surface area contributed by atoms with E-state index in [0.717, 1.165) is 24.8 Å². The van der Waals surface area contributed by atoms with Crippen molar-refractivity contribution in [3.63, 3.8) is 0 Å². The van der Waals surface area contributed by atoms with E-state index in [1.807, 2.05) is 12.1 Å². The van der Waals surface area contributed by atoms with E-state index in [-0.39, 0.29) is 16.3 Å². The van der Waals surface area contributed by atoms with Crippen molar-refractivity contribution < 1.29 is 19.2 Å². The molecule has 1 heterocycles. The standard InChI is InChI=1S/C18H13ClN4O5S/c1-28-17(25)12-7-11(8-14(9-12)23(26)27)16(24)20-18-22-21-15(29-18)6-10-2-4-13(19)5-3-10/h2-5,7-9H,6H2,1H3,(H,20,22,24). The summed E-state index contributed by atoms with van der Waals surface area (Å²) in [6, 6.07) is 10.6. The topological polar surface area (TPSA) is 124 Å². The fraction of sp³-hybridized carbons (Fsp3) is 0.111. The Morgan fingerprint density at radius 2 is 1.86 bits per heavy atom. The van der Waals surface area contributed by atoms with Crippen molar-refractivity contribution in [2.75, 3.05) is 12.4 Å². The average Bonchev–Trinajstić information content (AvgIpc) is 3.15. The summed E-state index contributed by atoms with van der Waals surface area (Å²) in [7, 11) is 1.14. The maximum Gasteiger partial charge on any atom is 0.338 e. The Labute approximate surface area is 173 Å². The number of methoxy groups -OCH3 is 1. The van der Waals surface area contributed by atoms with E-state index in [9.17, 15) is 19.7 Å². The number of benzene rings is 2. The lowest BCUT2D eigenvalue weighted by Gasteiger charge is -2.04. The molecule has 0 spiro atoms. The number of ether oxygens (including phenoxy) is 1. The van der Waals surface area contributed by atoms with Gasteiger partial charge in [-0.25, -0.2) is 4.79 Å². The quantitative estimate of drug-likeness (QED) is 0.357. The molecule has 3 rings (SSSR count). The van der Waals surface area contributed by atoms with Crippen LogP contribution in [-0.4, -0.2) is 34.1 Å². The van der Waals surface area contributed by atoms with Crippen LogP contribution in [0, 0.1) is 10.1 Å². The van der Waals surface area contributed by atoms with Crippen LogP contribution in [0.3, 0.4) is 0 Å². The van der Waals surface area contributed by atoms with E-state index in [0.29, 0.717) is 16.5 Å². The molecule has 1 amide bonds. The highest BCUT2D eigenvalue weighted by atomic mass is 35.5. The van der Waals surface area contributed by atoms with E-state index in [1.165, 1.54) is 17.4 Å². The van der Waals surface area contributed by atoms with Gasteiger partial charge in [-0.15, -0.1) is 10.2 Å². The molecule has 0 bridgehead atoms. The van der Waals surface area contributed by atoms with Crippen LogP contribution in [0.4, 0.5) is 10.8 Å². The van der Waals surface area contributed by atoms with E-state index in [1.54, 1.807) is 12.1 Å². The van der Waals surface area contributed by atoms with Gasteiger partial charge in [-0.05, 0) is 23.8 Å². The minimum atomic E-state index is -0.788. The van der Waals surface area contributed by atoms with Gasteiger partial charge in [-0.2, -0.15) is 0 Å². The van der Waals surface area contributed by atoms with Crippen molar-refractivity contribution in [2.45, 2.75) is 6.42 Å². The third kappa shape index (κ3) is 5.12. The molecule has 29 heavy (non-hydrogen) atoms. The van der Waals surface area contributed by atoms with E-state index in [4.69, 9.17) is 11.6 Å². The minimum absolute atomic E-state index is 0.0750. The van der Waals surface area contributed by atoms with Crippen LogP contribution in [0.1, 0.15) is 31.3 Å². The number of anilines is 1.